The third-order valence-electron chi connectivity index (χ3n) is 3.04. The third-order valence-corrected chi connectivity index (χ3v) is 3.91. The number of amides is 2. The lowest BCUT2D eigenvalue weighted by atomic mass is 10.1. The summed E-state index contributed by atoms with van der Waals surface area (Å²) in [6.07, 6.45) is 0. The van der Waals surface area contributed by atoms with E-state index in [9.17, 15) is 13.8 Å². The highest BCUT2D eigenvalue weighted by Gasteiger charge is 2.11. The fraction of sp³-hybridized carbons (Fsp3) is 0.176. The number of rotatable bonds is 5. The van der Waals surface area contributed by atoms with Gasteiger partial charge in [0.25, 0.3) is 5.91 Å². The van der Waals surface area contributed by atoms with E-state index >= 15 is 0 Å². The second kappa shape index (κ2) is 7.85. The number of aryl methyl sites for hydroxylation is 2. The quantitative estimate of drug-likeness (QED) is 0.815. The van der Waals surface area contributed by atoms with Crippen LogP contribution in [0.3, 0.4) is 0 Å². The highest BCUT2D eigenvalue weighted by atomic mass is 32.2. The first-order chi connectivity index (χ1) is 11.3. The van der Waals surface area contributed by atoms with Crippen molar-refractivity contribution in [2.24, 2.45) is 0 Å². The Morgan fingerprint density at radius 2 is 1.71 bits per heavy atom. The summed E-state index contributed by atoms with van der Waals surface area (Å²) in [5.74, 6) is -0.713. The lowest BCUT2D eigenvalue weighted by Gasteiger charge is -2.08. The normalized spacial score (nSPS) is 11.6. The van der Waals surface area contributed by atoms with Crippen molar-refractivity contribution in [2.75, 3.05) is 5.32 Å². The van der Waals surface area contributed by atoms with Crippen LogP contribution in [0.2, 0.25) is 0 Å². The lowest BCUT2D eigenvalue weighted by molar-refractivity contribution is -0.114. The Kier molecular flexibility index (Phi) is 5.83. The van der Waals surface area contributed by atoms with E-state index in [0.717, 1.165) is 11.1 Å². The van der Waals surface area contributed by atoms with Crippen molar-refractivity contribution in [1.82, 2.24) is 5.48 Å². The van der Waals surface area contributed by atoms with Gasteiger partial charge in [-0.2, -0.15) is 4.28 Å². The summed E-state index contributed by atoms with van der Waals surface area (Å²) in [5.41, 5.74) is 5.01. The van der Waals surface area contributed by atoms with Gasteiger partial charge in [-0.15, -0.1) is 0 Å². The summed E-state index contributed by atoms with van der Waals surface area (Å²) in [4.78, 5) is 23.4. The second-order valence-electron chi connectivity index (χ2n) is 5.33. The molecule has 2 aromatic carbocycles. The molecular formula is C17H18N2O4S. The molecule has 2 rings (SSSR count). The van der Waals surface area contributed by atoms with Crippen LogP contribution in [-0.2, 0) is 20.2 Å². The van der Waals surface area contributed by atoms with Gasteiger partial charge in [0.1, 0.15) is 0 Å². The van der Waals surface area contributed by atoms with Gasteiger partial charge in [0.15, 0.2) is 0 Å². The van der Waals surface area contributed by atoms with Crippen molar-refractivity contribution in [1.29, 1.82) is 0 Å². The highest BCUT2D eigenvalue weighted by molar-refractivity contribution is 7.80. The van der Waals surface area contributed by atoms with Crippen LogP contribution in [0.5, 0.6) is 0 Å². The van der Waals surface area contributed by atoms with Gasteiger partial charge >= 0.3 is 0 Å². The standard InChI is InChI=1S/C17H18N2O4S/c1-11-7-12(2)9-14(8-11)17(21)19-23-24(22)16-6-4-5-15(10-16)18-13(3)20/h4-10H,1-3H3,(H,18,20)(H,19,21). The van der Waals surface area contributed by atoms with Crippen LogP contribution in [-0.4, -0.2) is 16.0 Å². The molecule has 6 nitrogen and oxygen atoms in total. The highest BCUT2D eigenvalue weighted by Crippen LogP contribution is 2.15. The van der Waals surface area contributed by atoms with E-state index in [1.54, 1.807) is 30.3 Å². The van der Waals surface area contributed by atoms with E-state index in [2.05, 4.69) is 10.8 Å². The molecule has 0 aromatic heterocycles. The number of hydroxylamine groups is 1. The molecule has 0 fully saturated rings. The van der Waals surface area contributed by atoms with Crippen molar-refractivity contribution >= 4 is 28.6 Å². The molecule has 2 N–H and O–H groups in total. The van der Waals surface area contributed by atoms with Crippen molar-refractivity contribution in [2.45, 2.75) is 25.7 Å². The van der Waals surface area contributed by atoms with E-state index < -0.39 is 17.0 Å². The van der Waals surface area contributed by atoms with Gasteiger partial charge in [0.2, 0.25) is 17.0 Å². The zero-order valence-electron chi connectivity index (χ0n) is 13.6. The molecule has 0 saturated carbocycles. The van der Waals surface area contributed by atoms with Gasteiger partial charge in [-0.1, -0.05) is 23.3 Å². The fourth-order valence-electron chi connectivity index (χ4n) is 2.17. The predicted molar refractivity (Wildman–Crippen MR) is 91.6 cm³/mol. The summed E-state index contributed by atoms with van der Waals surface area (Å²) < 4.78 is 17.1. The smallest absolute Gasteiger partial charge is 0.275 e. The molecule has 2 amide bonds. The summed E-state index contributed by atoms with van der Waals surface area (Å²) in [7, 11) is 0. The molecular weight excluding hydrogens is 328 g/mol. The molecule has 7 heteroatoms. The van der Waals surface area contributed by atoms with E-state index in [-0.39, 0.29) is 5.91 Å². The average molecular weight is 346 g/mol. The molecule has 0 aliphatic rings. The number of hydrogen-bond donors (Lipinski definition) is 2. The Bertz CT molecular complexity index is 785. The molecule has 0 aliphatic carbocycles. The number of nitrogens with one attached hydrogen (secondary N) is 2. The van der Waals surface area contributed by atoms with Crippen molar-refractivity contribution < 1.29 is 18.1 Å². The number of hydrogen-bond acceptors (Lipinski definition) is 4. The fourth-order valence-corrected chi connectivity index (χ4v) is 2.83. The Labute approximate surface area is 142 Å². The van der Waals surface area contributed by atoms with Crippen LogP contribution in [0.25, 0.3) is 0 Å². The SMILES string of the molecule is CC(=O)Nc1cccc(S(=O)ONC(=O)c2cc(C)cc(C)c2)c1. The Morgan fingerprint density at radius 1 is 1.04 bits per heavy atom. The Balaban J connectivity index is 2.02. The number of carbonyl (C=O) groups is 2. The molecule has 0 radical (unpaired) electrons. The monoisotopic (exact) mass is 346 g/mol. The van der Waals surface area contributed by atoms with Crippen molar-refractivity contribution in [3.05, 3.63) is 59.2 Å². The molecule has 0 aliphatic heterocycles. The van der Waals surface area contributed by atoms with E-state index in [4.69, 9.17) is 4.28 Å². The first-order valence-electron chi connectivity index (χ1n) is 7.20. The van der Waals surface area contributed by atoms with Crippen LogP contribution >= 0.6 is 0 Å². The van der Waals surface area contributed by atoms with Crippen molar-refractivity contribution in [3.8, 4) is 0 Å². The maximum Gasteiger partial charge on any atom is 0.275 e. The molecule has 126 valence electrons. The third kappa shape index (κ3) is 5.00. The van der Waals surface area contributed by atoms with Gasteiger partial charge in [-0.05, 0) is 44.2 Å². The number of anilines is 1. The summed E-state index contributed by atoms with van der Waals surface area (Å²) in [6.45, 7) is 5.15. The maximum absolute atomic E-state index is 12.1. The molecule has 1 atom stereocenters. The topological polar surface area (TPSA) is 84.5 Å². The molecule has 2 aromatic rings. The summed E-state index contributed by atoms with van der Waals surface area (Å²) in [5, 5.41) is 2.59. The zero-order chi connectivity index (χ0) is 17.7. The van der Waals surface area contributed by atoms with Gasteiger partial charge < -0.3 is 5.32 Å². The average Bonchev–Trinajstić information content (AvgIpc) is 2.51. The largest absolute Gasteiger partial charge is 0.326 e. The van der Waals surface area contributed by atoms with Crippen LogP contribution in [0.4, 0.5) is 5.69 Å². The molecule has 0 bridgehead atoms. The van der Waals surface area contributed by atoms with E-state index in [1.807, 2.05) is 19.9 Å². The van der Waals surface area contributed by atoms with E-state index in [1.165, 1.54) is 13.0 Å². The molecule has 1 unspecified atom stereocenters. The van der Waals surface area contributed by atoms with Gasteiger partial charge in [-0.25, -0.2) is 9.69 Å². The van der Waals surface area contributed by atoms with Gasteiger partial charge in [0, 0.05) is 18.2 Å². The maximum atomic E-state index is 12.1. The first-order valence-corrected chi connectivity index (χ1v) is 8.28. The zero-order valence-corrected chi connectivity index (χ0v) is 14.4. The Morgan fingerprint density at radius 3 is 2.33 bits per heavy atom. The van der Waals surface area contributed by atoms with Gasteiger partial charge in [0.05, 0.1) is 4.90 Å². The summed E-state index contributed by atoms with van der Waals surface area (Å²) >= 11 is -1.90. The van der Waals surface area contributed by atoms with Crippen LogP contribution in [0, 0.1) is 13.8 Å². The molecule has 0 spiro atoms. The van der Waals surface area contributed by atoms with Gasteiger partial charge in [-0.3, -0.25) is 9.59 Å². The first kappa shape index (κ1) is 17.8. The van der Waals surface area contributed by atoms with Crippen LogP contribution in [0.15, 0.2) is 47.4 Å². The Hall–Kier alpha value is -2.51. The second-order valence-corrected chi connectivity index (χ2v) is 6.44. The predicted octanol–water partition coefficient (Wildman–Crippen LogP) is 2.65. The number of benzene rings is 2. The molecule has 0 saturated heterocycles. The van der Waals surface area contributed by atoms with Crippen LogP contribution in [0.1, 0.15) is 28.4 Å². The molecule has 24 heavy (non-hydrogen) atoms. The molecule has 0 heterocycles. The van der Waals surface area contributed by atoms with E-state index in [0.29, 0.717) is 16.1 Å². The number of carbonyl (C=O) groups excluding carboxylic acids is 2. The minimum absolute atomic E-state index is 0.234. The van der Waals surface area contributed by atoms with Crippen LogP contribution < -0.4 is 10.8 Å². The summed E-state index contributed by atoms with van der Waals surface area (Å²) in [6, 6.07) is 11.8. The minimum Gasteiger partial charge on any atom is -0.326 e. The van der Waals surface area contributed by atoms with Crippen molar-refractivity contribution in [3.63, 3.8) is 0 Å². The lowest BCUT2D eigenvalue weighted by Crippen LogP contribution is -2.25. The minimum atomic E-state index is -1.90.